The number of carboxylic acid groups (broad SMARTS) is 1. The summed E-state index contributed by atoms with van der Waals surface area (Å²) in [6.45, 7) is 1.91. The molecule has 0 spiro atoms. The van der Waals surface area contributed by atoms with Crippen LogP contribution in [0.15, 0.2) is 35.4 Å². The van der Waals surface area contributed by atoms with E-state index >= 15 is 0 Å². The summed E-state index contributed by atoms with van der Waals surface area (Å²) in [4.78, 5) is 11.5. The second kappa shape index (κ2) is 5.35. The van der Waals surface area contributed by atoms with Crippen molar-refractivity contribution >= 4 is 27.7 Å². The molecule has 0 saturated carbocycles. The largest absolute Gasteiger partial charge is 0.480 e. The minimum atomic E-state index is -1.01. The van der Waals surface area contributed by atoms with Crippen LogP contribution in [0.2, 0.25) is 0 Å². The van der Waals surface area contributed by atoms with Crippen molar-refractivity contribution in [2.45, 2.75) is 24.8 Å². The van der Waals surface area contributed by atoms with Gasteiger partial charge < -0.3 is 9.67 Å². The summed E-state index contributed by atoms with van der Waals surface area (Å²) in [5.74, 6) is -0.252. The van der Waals surface area contributed by atoms with Gasteiger partial charge in [0.1, 0.15) is 6.54 Å². The molecule has 1 unspecified atom stereocenters. The SMILES string of the molecule is CCCS(=O)c1ccc2ccn(CC(=O)O)c2c1. The fourth-order valence-corrected chi connectivity index (χ4v) is 2.96. The molecular formula is C13H15NO3S. The maximum atomic E-state index is 11.9. The molecule has 0 radical (unpaired) electrons. The molecule has 1 aromatic carbocycles. The Morgan fingerprint density at radius 2 is 2.17 bits per heavy atom. The van der Waals surface area contributed by atoms with E-state index in [-0.39, 0.29) is 6.54 Å². The van der Waals surface area contributed by atoms with Crippen molar-refractivity contribution in [3.8, 4) is 0 Å². The molecule has 0 aliphatic heterocycles. The van der Waals surface area contributed by atoms with E-state index in [0.29, 0.717) is 5.75 Å². The molecule has 4 nitrogen and oxygen atoms in total. The van der Waals surface area contributed by atoms with Crippen molar-refractivity contribution in [2.24, 2.45) is 0 Å². The predicted octanol–water partition coefficient (Wildman–Crippen LogP) is 2.24. The molecule has 0 aliphatic rings. The van der Waals surface area contributed by atoms with Crippen molar-refractivity contribution < 1.29 is 14.1 Å². The standard InChI is InChI=1S/C13H15NO3S/c1-2-7-18(17)11-4-3-10-5-6-14(9-13(15)16)12(10)8-11/h3-6,8H,2,7,9H2,1H3,(H,15,16). The minimum Gasteiger partial charge on any atom is -0.480 e. The zero-order valence-corrected chi connectivity index (χ0v) is 10.9. The van der Waals surface area contributed by atoms with Gasteiger partial charge in [0, 0.05) is 22.4 Å². The van der Waals surface area contributed by atoms with Crippen molar-refractivity contribution in [3.05, 3.63) is 30.5 Å². The van der Waals surface area contributed by atoms with Crippen molar-refractivity contribution in [1.82, 2.24) is 4.57 Å². The van der Waals surface area contributed by atoms with E-state index in [1.807, 2.05) is 31.2 Å². The molecule has 0 amide bonds. The molecule has 0 fully saturated rings. The van der Waals surface area contributed by atoms with Crippen LogP contribution in [0.5, 0.6) is 0 Å². The van der Waals surface area contributed by atoms with Gasteiger partial charge in [-0.1, -0.05) is 13.0 Å². The Morgan fingerprint density at radius 3 is 2.83 bits per heavy atom. The third-order valence-corrected chi connectivity index (χ3v) is 4.26. The molecule has 1 N–H and O–H groups in total. The number of rotatable bonds is 5. The van der Waals surface area contributed by atoms with E-state index in [9.17, 15) is 9.00 Å². The zero-order chi connectivity index (χ0) is 13.1. The highest BCUT2D eigenvalue weighted by Crippen LogP contribution is 2.20. The van der Waals surface area contributed by atoms with Crippen LogP contribution in [0.3, 0.4) is 0 Å². The highest BCUT2D eigenvalue weighted by atomic mass is 32.2. The number of fused-ring (bicyclic) bond motifs is 1. The smallest absolute Gasteiger partial charge is 0.323 e. The van der Waals surface area contributed by atoms with Crippen LogP contribution in [0.1, 0.15) is 13.3 Å². The lowest BCUT2D eigenvalue weighted by Crippen LogP contribution is -2.07. The van der Waals surface area contributed by atoms with Gasteiger partial charge in [-0.15, -0.1) is 0 Å². The van der Waals surface area contributed by atoms with Crippen molar-refractivity contribution in [2.75, 3.05) is 5.75 Å². The number of hydrogen-bond acceptors (Lipinski definition) is 2. The summed E-state index contributed by atoms with van der Waals surface area (Å²) in [5.41, 5.74) is 0.819. The molecular weight excluding hydrogens is 250 g/mol. The van der Waals surface area contributed by atoms with Crippen LogP contribution < -0.4 is 0 Å². The van der Waals surface area contributed by atoms with Crippen LogP contribution in [0.4, 0.5) is 0 Å². The van der Waals surface area contributed by atoms with Gasteiger partial charge in [-0.05, 0) is 30.0 Å². The highest BCUT2D eigenvalue weighted by molar-refractivity contribution is 7.85. The van der Waals surface area contributed by atoms with Crippen LogP contribution in [-0.2, 0) is 22.1 Å². The van der Waals surface area contributed by atoms with E-state index in [1.54, 1.807) is 10.8 Å². The van der Waals surface area contributed by atoms with Gasteiger partial charge in [0.25, 0.3) is 0 Å². The summed E-state index contributed by atoms with van der Waals surface area (Å²) in [6.07, 6.45) is 2.60. The van der Waals surface area contributed by atoms with Gasteiger partial charge in [-0.2, -0.15) is 0 Å². The van der Waals surface area contributed by atoms with E-state index in [4.69, 9.17) is 5.11 Å². The fourth-order valence-electron chi connectivity index (χ4n) is 1.89. The lowest BCUT2D eigenvalue weighted by Gasteiger charge is -2.04. The van der Waals surface area contributed by atoms with E-state index in [1.165, 1.54) is 0 Å². The molecule has 0 saturated heterocycles. The minimum absolute atomic E-state index is 0.0760. The van der Waals surface area contributed by atoms with Crippen LogP contribution >= 0.6 is 0 Å². The molecule has 1 atom stereocenters. The molecule has 5 heteroatoms. The van der Waals surface area contributed by atoms with Crippen LogP contribution in [-0.4, -0.2) is 25.6 Å². The van der Waals surface area contributed by atoms with Gasteiger partial charge in [-0.25, -0.2) is 0 Å². The molecule has 1 aromatic heterocycles. The van der Waals surface area contributed by atoms with Crippen molar-refractivity contribution in [3.63, 3.8) is 0 Å². The topological polar surface area (TPSA) is 59.3 Å². The average molecular weight is 265 g/mol. The third kappa shape index (κ3) is 2.61. The first-order chi connectivity index (χ1) is 8.61. The maximum absolute atomic E-state index is 11.9. The van der Waals surface area contributed by atoms with E-state index in [2.05, 4.69) is 0 Å². The number of carboxylic acids is 1. The summed E-state index contributed by atoms with van der Waals surface area (Å²) in [6, 6.07) is 7.42. The van der Waals surface area contributed by atoms with Gasteiger partial charge in [0.15, 0.2) is 0 Å². The zero-order valence-electron chi connectivity index (χ0n) is 10.1. The van der Waals surface area contributed by atoms with Gasteiger partial charge in [-0.3, -0.25) is 9.00 Å². The molecule has 1 heterocycles. The number of aromatic nitrogens is 1. The Balaban J connectivity index is 2.42. The number of nitrogens with zero attached hydrogens (tertiary/aromatic N) is 1. The highest BCUT2D eigenvalue weighted by Gasteiger charge is 2.08. The lowest BCUT2D eigenvalue weighted by atomic mass is 10.2. The Morgan fingerprint density at radius 1 is 1.39 bits per heavy atom. The second-order valence-electron chi connectivity index (χ2n) is 4.11. The monoisotopic (exact) mass is 265 g/mol. The van der Waals surface area contributed by atoms with E-state index in [0.717, 1.165) is 22.2 Å². The first-order valence-electron chi connectivity index (χ1n) is 5.81. The number of aliphatic carboxylic acids is 1. The average Bonchev–Trinajstić information content (AvgIpc) is 2.71. The predicted molar refractivity (Wildman–Crippen MR) is 71.1 cm³/mol. The summed E-state index contributed by atoms with van der Waals surface area (Å²) < 4.78 is 13.6. The fraction of sp³-hybridized carbons (Fsp3) is 0.308. The Hall–Kier alpha value is -1.62. The molecule has 0 bridgehead atoms. The summed E-state index contributed by atoms with van der Waals surface area (Å²) in [5, 5.41) is 9.79. The first kappa shape index (κ1) is 12.8. The number of carbonyl (C=O) groups is 1. The maximum Gasteiger partial charge on any atom is 0.323 e. The molecule has 0 aliphatic carbocycles. The van der Waals surface area contributed by atoms with Crippen LogP contribution in [0.25, 0.3) is 10.9 Å². The Kier molecular flexibility index (Phi) is 3.81. The Bertz CT molecular complexity index is 603. The molecule has 96 valence electrons. The van der Waals surface area contributed by atoms with Gasteiger partial charge >= 0.3 is 5.97 Å². The van der Waals surface area contributed by atoms with E-state index < -0.39 is 16.8 Å². The van der Waals surface area contributed by atoms with Gasteiger partial charge in [0.2, 0.25) is 0 Å². The normalized spacial score (nSPS) is 12.7. The van der Waals surface area contributed by atoms with Gasteiger partial charge in [0.05, 0.1) is 10.8 Å². The molecule has 18 heavy (non-hydrogen) atoms. The number of benzene rings is 1. The Labute approximate surface area is 108 Å². The summed E-state index contributed by atoms with van der Waals surface area (Å²) in [7, 11) is -1.01. The van der Waals surface area contributed by atoms with Crippen LogP contribution in [0, 0.1) is 0 Å². The molecule has 2 rings (SSSR count). The second-order valence-corrected chi connectivity index (χ2v) is 5.68. The third-order valence-electron chi connectivity index (χ3n) is 2.70. The quantitative estimate of drug-likeness (QED) is 0.902. The lowest BCUT2D eigenvalue weighted by molar-refractivity contribution is -0.137. The van der Waals surface area contributed by atoms with Crippen molar-refractivity contribution in [1.29, 1.82) is 0 Å². The first-order valence-corrected chi connectivity index (χ1v) is 7.12. The number of hydrogen-bond donors (Lipinski definition) is 1. The molecule has 2 aromatic rings. The summed E-state index contributed by atoms with van der Waals surface area (Å²) >= 11 is 0.